The van der Waals surface area contributed by atoms with E-state index in [1.807, 2.05) is 67.2 Å². The van der Waals surface area contributed by atoms with Gasteiger partial charge in [0.05, 0.1) is 34.4 Å². The van der Waals surface area contributed by atoms with Gasteiger partial charge in [-0.25, -0.2) is 4.58 Å². The fourth-order valence-corrected chi connectivity index (χ4v) is 28.0. The fraction of sp³-hybridized carbons (Fsp3) is 0.0964. The van der Waals surface area contributed by atoms with E-state index in [2.05, 4.69) is 11.9 Å². The number of likely N-dealkylation sites (N-methyl/N-ethyl adjacent to an activating group) is 1. The molecule has 0 heterocycles. The Balaban J connectivity index is 0.701. The Hall–Kier alpha value is -11.0. The number of carbonyl (C=O) groups excluding carboxylic acids is 2. The summed E-state index contributed by atoms with van der Waals surface area (Å²) in [6.45, 7) is 0.747. The molecule has 0 amide bonds. The predicted molar refractivity (Wildman–Crippen MR) is 365 cm³/mol. The lowest BCUT2D eigenvalue weighted by Gasteiger charge is -2.32. The number of nitrogens with zero attached hydrogens (tertiary/aromatic N) is 2. The number of aliphatic hydroxyl groups is 1. The molecule has 29 aromatic carbocycles. The number of allylic oxidation sites excluding steroid dienone is 7. The molecule has 1 fully saturated rings. The molecular weight excluding hydrogens is 1090 g/mol. The fourth-order valence-electron chi connectivity index (χ4n) is 28.0. The Bertz CT molecular complexity index is 7990. The van der Waals surface area contributed by atoms with Crippen molar-refractivity contribution in [2.45, 2.75) is 10.8 Å². The molecule has 0 aliphatic heterocycles. The van der Waals surface area contributed by atoms with Crippen LogP contribution in [0.1, 0.15) is 27.8 Å². The Kier molecular flexibility index (Phi) is 3.75. The maximum Gasteiger partial charge on any atom is 0.311 e. The molecule has 0 saturated heterocycles. The standard InChI is InChI=1S/C83H22N2O4/c1-84(2)16-8-4-14(5-9-16)18-78(86)19(79(18)87)15-6-10-17(11-7-15)85(3)12-13-89-81(88)80-82-74-66-58-48-38-30-22-20-21-24-28-26(22)34-42-36(28)46-40-32(24)33-25(21)29-27-23(20)31(30)39-45-35(27)43-37(29)47-41(33)51-50(40)60-54(46)64-56(42)62(52(58)44(34)38)70(74)72(64)76-68(60)69-61(51)55(47)65-57(43)63-53(45)59(49(39)48)67(66)75(82)71(63)73(65)77(69)83(76,80)82/h4-11,80H,12-13H2,1-3H3/p+1. The van der Waals surface area contributed by atoms with Crippen LogP contribution in [0, 0.1) is 5.92 Å². The van der Waals surface area contributed by atoms with Crippen molar-refractivity contribution in [3.05, 3.63) is 93.3 Å². The quantitative estimate of drug-likeness (QED) is 0.0778. The molecule has 0 unspecified atom stereocenters. The number of esters is 1. The number of rotatable bonds is 6. The van der Waals surface area contributed by atoms with Crippen molar-refractivity contribution < 1.29 is 24.0 Å². The molecular formula is C83H23N2O4+. The van der Waals surface area contributed by atoms with Gasteiger partial charge in [0, 0.05) is 24.9 Å². The van der Waals surface area contributed by atoms with Gasteiger partial charge in [-0.1, -0.05) is 12.1 Å². The predicted octanol–water partition coefficient (Wildman–Crippen LogP) is 18.6. The van der Waals surface area contributed by atoms with Crippen LogP contribution >= 0.6 is 0 Å². The summed E-state index contributed by atoms with van der Waals surface area (Å²) in [5.74, 6) is -0.579. The van der Waals surface area contributed by atoms with Gasteiger partial charge in [0.25, 0.3) is 0 Å². The molecule has 388 valence electrons. The van der Waals surface area contributed by atoms with E-state index in [1.165, 1.54) is 108 Å². The van der Waals surface area contributed by atoms with Gasteiger partial charge in [-0.3, -0.25) is 9.59 Å². The van der Waals surface area contributed by atoms with Gasteiger partial charge in [0.2, 0.25) is 5.78 Å². The summed E-state index contributed by atoms with van der Waals surface area (Å²) in [5.41, 5.74) is 8.88. The van der Waals surface area contributed by atoms with E-state index in [9.17, 15) is 9.90 Å². The van der Waals surface area contributed by atoms with Crippen LogP contribution in [0.5, 0.6) is 0 Å². The summed E-state index contributed by atoms with van der Waals surface area (Å²) >= 11 is 0. The summed E-state index contributed by atoms with van der Waals surface area (Å²) < 4.78 is 9.13. The first-order valence-electron chi connectivity index (χ1n) is 32.2. The van der Waals surface area contributed by atoms with E-state index in [0.717, 1.165) is 17.0 Å². The van der Waals surface area contributed by atoms with Gasteiger partial charge in [-0.15, -0.1) is 0 Å². The zero-order valence-electron chi connectivity index (χ0n) is 46.7. The minimum atomic E-state index is -0.622. The molecule has 7 aliphatic rings. The number of anilines is 1. The molecule has 36 rings (SSSR count). The maximum absolute atomic E-state index is 16.9. The number of carbonyl (C=O) groups is 2. The summed E-state index contributed by atoms with van der Waals surface area (Å²) in [4.78, 5) is 32.8. The van der Waals surface area contributed by atoms with Crippen molar-refractivity contribution in [1.82, 2.24) is 0 Å². The molecule has 0 aromatic heterocycles. The van der Waals surface area contributed by atoms with Gasteiger partial charge in [0.1, 0.15) is 26.5 Å². The highest BCUT2D eigenvalue weighted by Gasteiger charge is 2.89. The molecule has 1 N–H and O–H groups in total. The van der Waals surface area contributed by atoms with Crippen molar-refractivity contribution in [2.24, 2.45) is 5.92 Å². The molecule has 6 heteroatoms. The lowest BCUT2D eigenvalue weighted by atomic mass is 9.68. The highest BCUT2D eigenvalue weighted by Crippen LogP contribution is 2.92. The Morgan fingerprint density at radius 1 is 0.404 bits per heavy atom. The molecule has 89 heavy (non-hydrogen) atoms. The van der Waals surface area contributed by atoms with Crippen LogP contribution in [0.3, 0.4) is 0 Å². The molecule has 29 aromatic rings. The lowest BCUT2D eigenvalue weighted by Crippen LogP contribution is -2.27. The number of benzene rings is 19. The number of aliphatic hydroxyl groups excluding tert-OH is 1. The second kappa shape index (κ2) is 9.04. The topological polar surface area (TPSA) is 69.8 Å². The third kappa shape index (κ3) is 2.30. The van der Waals surface area contributed by atoms with Crippen molar-refractivity contribution in [3.8, 4) is 0 Å². The molecule has 0 bridgehead atoms. The normalized spacial score (nSPS) is 22.3. The molecule has 0 atom stereocenters. The van der Waals surface area contributed by atoms with E-state index in [4.69, 9.17) is 4.74 Å². The average molecular weight is 1110 g/mol. The monoisotopic (exact) mass is 1110 g/mol. The lowest BCUT2D eigenvalue weighted by molar-refractivity contribution is -0.462. The van der Waals surface area contributed by atoms with Crippen LogP contribution in [0.25, 0.3) is 296 Å². The van der Waals surface area contributed by atoms with Gasteiger partial charge in [-0.05, 0) is 349 Å². The highest BCUT2D eigenvalue weighted by molar-refractivity contribution is 6.82. The van der Waals surface area contributed by atoms with Crippen LogP contribution in [-0.4, -0.2) is 61.4 Å². The van der Waals surface area contributed by atoms with E-state index < -0.39 is 16.7 Å². The van der Waals surface area contributed by atoms with Crippen molar-refractivity contribution >= 4 is 320 Å². The average Bonchev–Trinajstić information content (AvgIpc) is 1.37. The van der Waals surface area contributed by atoms with Crippen molar-refractivity contribution in [3.63, 3.8) is 0 Å². The largest absolute Gasteiger partial charge is 0.506 e. The second-order valence-corrected chi connectivity index (χ2v) is 30.8. The minimum absolute atomic E-state index is 0.0406. The summed E-state index contributed by atoms with van der Waals surface area (Å²) in [5, 5.41) is 95.4. The molecule has 7 aliphatic carbocycles. The summed E-state index contributed by atoms with van der Waals surface area (Å²) in [6, 6.07) is 7.91. The number of hydrogen-bond donors (Lipinski definition) is 1. The number of hydrogen-bond acceptors (Lipinski definition) is 5. The summed E-state index contributed by atoms with van der Waals surface area (Å²) in [7, 11) is 6.04. The van der Waals surface area contributed by atoms with E-state index in [1.54, 1.807) is 205 Å². The molecule has 0 radical (unpaired) electrons. The molecule has 6 nitrogen and oxygen atoms in total. The first kappa shape index (κ1) is 36.9. The SMILES string of the molecule is CN(CCOC(=O)C1C23c4c5c6c7c8c9c(c%10c%11c2c2c4c4c%12c5c5c6c6c8c8c%13c9c9c%10c%10c%11c%11c2c2c4c4c%12c%12c5c5c6c8c6c8c%13c9c9c%10c%10c%11c2c2c4c4c%12c5c6c5c8c9c%10c2c45)C713)c1ccc(C2=C(O)C(=C3C=CC(=[N+](C)C)C=C3)C2=O)cc1. The third-order valence-corrected chi connectivity index (χ3v) is 29.3. The van der Waals surface area contributed by atoms with Crippen LogP contribution in [0.2, 0.25) is 0 Å². The van der Waals surface area contributed by atoms with Gasteiger partial charge in [-0.2, -0.15) is 0 Å². The Morgan fingerprint density at radius 3 is 0.910 bits per heavy atom. The third-order valence-electron chi connectivity index (χ3n) is 29.3. The van der Waals surface area contributed by atoms with E-state index in [-0.39, 0.29) is 24.1 Å². The second-order valence-electron chi connectivity index (χ2n) is 30.8. The zero-order valence-corrected chi connectivity index (χ0v) is 46.7. The minimum Gasteiger partial charge on any atom is -0.506 e. The number of ether oxygens (including phenoxy) is 1. The number of Topliss-reactive ketones (excluding diaryl/α,β-unsaturated/α-hetero) is 1. The van der Waals surface area contributed by atoms with Crippen LogP contribution in [-0.2, 0) is 25.2 Å². The number of ketones is 1. The highest BCUT2D eigenvalue weighted by atomic mass is 16.5. The smallest absolute Gasteiger partial charge is 0.311 e. The first-order valence-corrected chi connectivity index (χ1v) is 32.2. The van der Waals surface area contributed by atoms with Crippen LogP contribution in [0.15, 0.2) is 65.5 Å². The van der Waals surface area contributed by atoms with Crippen LogP contribution < -0.4 is 4.90 Å². The van der Waals surface area contributed by atoms with Gasteiger partial charge >= 0.3 is 5.97 Å². The van der Waals surface area contributed by atoms with Gasteiger partial charge < -0.3 is 14.7 Å². The van der Waals surface area contributed by atoms with E-state index >= 15 is 4.79 Å². The van der Waals surface area contributed by atoms with Gasteiger partial charge in [0.15, 0.2) is 5.71 Å². The Morgan fingerprint density at radius 2 is 0.663 bits per heavy atom. The first-order chi connectivity index (χ1) is 43.9. The Labute approximate surface area is 490 Å². The summed E-state index contributed by atoms with van der Waals surface area (Å²) in [6.07, 6.45) is 7.74. The van der Waals surface area contributed by atoms with E-state index in [0.29, 0.717) is 23.3 Å². The molecule has 1 saturated carbocycles. The van der Waals surface area contributed by atoms with Crippen molar-refractivity contribution in [1.29, 1.82) is 0 Å². The molecule has 2 spiro atoms. The zero-order chi connectivity index (χ0) is 55.2. The van der Waals surface area contributed by atoms with Crippen molar-refractivity contribution in [2.75, 3.05) is 39.2 Å². The van der Waals surface area contributed by atoms with Crippen LogP contribution in [0.4, 0.5) is 5.69 Å². The maximum atomic E-state index is 16.9.